The summed E-state index contributed by atoms with van der Waals surface area (Å²) in [6.45, 7) is 0. The van der Waals surface area contributed by atoms with Crippen LogP contribution in [0.2, 0.25) is 0 Å². The highest BCUT2D eigenvalue weighted by molar-refractivity contribution is 9.10. The summed E-state index contributed by atoms with van der Waals surface area (Å²) in [6, 6.07) is 8.22. The largest absolute Gasteiger partial charge is 0.497 e. The molecule has 0 atom stereocenters. The molecule has 20 heavy (non-hydrogen) atoms. The minimum Gasteiger partial charge on any atom is -0.497 e. The van der Waals surface area contributed by atoms with Gasteiger partial charge < -0.3 is 9.72 Å². The number of carbonyl (C=O) groups is 2. The molecule has 2 rings (SSSR count). The van der Waals surface area contributed by atoms with Crippen molar-refractivity contribution in [3.8, 4) is 5.75 Å². The molecule has 0 aliphatic rings. The number of ether oxygens (including phenoxy) is 1. The Morgan fingerprint density at radius 3 is 2.60 bits per heavy atom. The number of methoxy groups -OCH3 is 1. The molecule has 1 aromatic heterocycles. The van der Waals surface area contributed by atoms with Crippen molar-refractivity contribution in [1.82, 2.24) is 15.8 Å². The van der Waals surface area contributed by atoms with Crippen LogP contribution in [0.15, 0.2) is 41.0 Å². The van der Waals surface area contributed by atoms with E-state index in [9.17, 15) is 9.59 Å². The Kier molecular flexibility index (Phi) is 4.41. The van der Waals surface area contributed by atoms with E-state index in [2.05, 4.69) is 31.8 Å². The maximum atomic E-state index is 11.9. The molecule has 0 fully saturated rings. The minimum atomic E-state index is -0.438. The first kappa shape index (κ1) is 14.1. The second-order valence-electron chi connectivity index (χ2n) is 3.87. The normalized spacial score (nSPS) is 9.90. The molecule has 2 aromatic rings. The van der Waals surface area contributed by atoms with Gasteiger partial charge in [0.2, 0.25) is 0 Å². The van der Waals surface area contributed by atoms with Crippen molar-refractivity contribution >= 4 is 27.7 Å². The van der Waals surface area contributed by atoms with Crippen molar-refractivity contribution in [2.45, 2.75) is 0 Å². The molecule has 104 valence electrons. The predicted molar refractivity (Wildman–Crippen MR) is 76.4 cm³/mol. The molecule has 0 spiro atoms. The number of hydrogen-bond acceptors (Lipinski definition) is 3. The van der Waals surface area contributed by atoms with E-state index in [1.54, 1.807) is 36.5 Å². The lowest BCUT2D eigenvalue weighted by molar-refractivity contribution is 0.0844. The van der Waals surface area contributed by atoms with E-state index in [4.69, 9.17) is 4.74 Å². The number of H-pyrrole nitrogens is 1. The van der Waals surface area contributed by atoms with Crippen LogP contribution in [0, 0.1) is 0 Å². The van der Waals surface area contributed by atoms with Crippen LogP contribution in [0.25, 0.3) is 0 Å². The van der Waals surface area contributed by atoms with E-state index in [1.807, 2.05) is 0 Å². The van der Waals surface area contributed by atoms with Crippen LogP contribution in [0.4, 0.5) is 0 Å². The number of aromatic amines is 1. The average Bonchev–Trinajstić information content (AvgIpc) is 2.91. The highest BCUT2D eigenvalue weighted by Crippen LogP contribution is 2.12. The molecule has 0 bridgehead atoms. The van der Waals surface area contributed by atoms with Crippen LogP contribution >= 0.6 is 15.9 Å². The topological polar surface area (TPSA) is 83.2 Å². The number of aromatic nitrogens is 1. The number of carbonyl (C=O) groups excluding carboxylic acids is 2. The standard InChI is InChI=1S/C13H12BrN3O3/c1-20-10-4-2-3-8(5-10)12(18)16-17-13(19)11-6-9(14)7-15-11/h2-7,15H,1H3,(H,16,18)(H,17,19). The summed E-state index contributed by atoms with van der Waals surface area (Å²) in [5.74, 6) is -0.299. The van der Waals surface area contributed by atoms with Crippen LogP contribution in [-0.2, 0) is 0 Å². The monoisotopic (exact) mass is 337 g/mol. The zero-order chi connectivity index (χ0) is 14.5. The van der Waals surface area contributed by atoms with Crippen molar-refractivity contribution in [3.63, 3.8) is 0 Å². The summed E-state index contributed by atoms with van der Waals surface area (Å²) in [6.07, 6.45) is 1.62. The van der Waals surface area contributed by atoms with Gasteiger partial charge in [0.15, 0.2) is 0 Å². The molecule has 0 unspecified atom stereocenters. The van der Waals surface area contributed by atoms with E-state index >= 15 is 0 Å². The van der Waals surface area contributed by atoms with Gasteiger partial charge in [0.1, 0.15) is 11.4 Å². The summed E-state index contributed by atoms with van der Waals surface area (Å²) in [5, 5.41) is 0. The van der Waals surface area contributed by atoms with Crippen LogP contribution in [0.1, 0.15) is 20.8 Å². The second-order valence-corrected chi connectivity index (χ2v) is 4.79. The summed E-state index contributed by atoms with van der Waals surface area (Å²) in [4.78, 5) is 26.3. The van der Waals surface area contributed by atoms with Crippen molar-refractivity contribution < 1.29 is 14.3 Å². The van der Waals surface area contributed by atoms with E-state index in [0.717, 1.165) is 4.47 Å². The Morgan fingerprint density at radius 2 is 1.95 bits per heavy atom. The van der Waals surface area contributed by atoms with E-state index < -0.39 is 11.8 Å². The van der Waals surface area contributed by atoms with Crippen molar-refractivity contribution in [2.24, 2.45) is 0 Å². The van der Waals surface area contributed by atoms with Gasteiger partial charge in [-0.2, -0.15) is 0 Å². The van der Waals surface area contributed by atoms with Gasteiger partial charge in [-0.25, -0.2) is 0 Å². The third-order valence-electron chi connectivity index (χ3n) is 2.51. The smallest absolute Gasteiger partial charge is 0.286 e. The van der Waals surface area contributed by atoms with E-state index in [0.29, 0.717) is 17.0 Å². The first-order chi connectivity index (χ1) is 9.60. The molecular weight excluding hydrogens is 326 g/mol. The van der Waals surface area contributed by atoms with E-state index in [1.165, 1.54) is 7.11 Å². The third-order valence-corrected chi connectivity index (χ3v) is 2.97. The van der Waals surface area contributed by atoms with Gasteiger partial charge in [-0.3, -0.25) is 20.4 Å². The molecule has 6 nitrogen and oxygen atoms in total. The van der Waals surface area contributed by atoms with Gasteiger partial charge in [-0.05, 0) is 40.2 Å². The molecule has 1 heterocycles. The van der Waals surface area contributed by atoms with Gasteiger partial charge >= 0.3 is 0 Å². The average molecular weight is 338 g/mol. The zero-order valence-electron chi connectivity index (χ0n) is 10.6. The van der Waals surface area contributed by atoms with E-state index in [-0.39, 0.29) is 0 Å². The molecule has 2 amide bonds. The molecule has 7 heteroatoms. The Morgan fingerprint density at radius 1 is 1.20 bits per heavy atom. The molecule has 3 N–H and O–H groups in total. The Balaban J connectivity index is 1.96. The lowest BCUT2D eigenvalue weighted by atomic mass is 10.2. The Bertz CT molecular complexity index is 639. The zero-order valence-corrected chi connectivity index (χ0v) is 12.2. The Labute approximate surface area is 123 Å². The Hall–Kier alpha value is -2.28. The highest BCUT2D eigenvalue weighted by atomic mass is 79.9. The fourth-order valence-electron chi connectivity index (χ4n) is 1.52. The first-order valence-electron chi connectivity index (χ1n) is 5.69. The second kappa shape index (κ2) is 6.25. The van der Waals surface area contributed by atoms with Crippen molar-refractivity contribution in [3.05, 3.63) is 52.3 Å². The van der Waals surface area contributed by atoms with Crippen LogP contribution in [0.3, 0.4) is 0 Å². The number of amides is 2. The highest BCUT2D eigenvalue weighted by Gasteiger charge is 2.10. The third kappa shape index (κ3) is 3.39. The SMILES string of the molecule is COc1cccc(C(=O)NNC(=O)c2cc(Br)c[nH]2)c1. The molecular formula is C13H12BrN3O3. The van der Waals surface area contributed by atoms with Crippen LogP contribution in [0.5, 0.6) is 5.75 Å². The maximum Gasteiger partial charge on any atom is 0.286 e. The molecule has 0 saturated carbocycles. The summed E-state index contributed by atoms with van der Waals surface area (Å²) in [5.41, 5.74) is 5.37. The first-order valence-corrected chi connectivity index (χ1v) is 6.48. The van der Waals surface area contributed by atoms with Gasteiger partial charge in [-0.15, -0.1) is 0 Å². The number of halogens is 1. The number of hydrazine groups is 1. The van der Waals surface area contributed by atoms with Gasteiger partial charge in [-0.1, -0.05) is 6.07 Å². The number of hydrogen-bond donors (Lipinski definition) is 3. The summed E-state index contributed by atoms with van der Waals surface area (Å²) >= 11 is 3.22. The molecule has 0 aliphatic carbocycles. The predicted octanol–water partition coefficient (Wildman–Crippen LogP) is 1.86. The van der Waals surface area contributed by atoms with Gasteiger partial charge in [0.05, 0.1) is 7.11 Å². The quantitative estimate of drug-likeness (QED) is 0.747. The van der Waals surface area contributed by atoms with Crippen LogP contribution in [-0.4, -0.2) is 23.9 Å². The lowest BCUT2D eigenvalue weighted by Gasteiger charge is -2.07. The number of nitrogens with one attached hydrogen (secondary N) is 3. The van der Waals surface area contributed by atoms with Crippen molar-refractivity contribution in [2.75, 3.05) is 7.11 Å². The number of benzene rings is 1. The number of rotatable bonds is 3. The molecule has 0 radical (unpaired) electrons. The molecule has 0 aliphatic heterocycles. The molecule has 0 saturated heterocycles. The van der Waals surface area contributed by atoms with Crippen molar-refractivity contribution in [1.29, 1.82) is 0 Å². The van der Waals surface area contributed by atoms with Gasteiger partial charge in [0, 0.05) is 16.2 Å². The maximum absolute atomic E-state index is 11.9. The molecule has 1 aromatic carbocycles. The van der Waals surface area contributed by atoms with Crippen LogP contribution < -0.4 is 15.6 Å². The summed E-state index contributed by atoms with van der Waals surface area (Å²) < 4.78 is 5.78. The minimum absolute atomic E-state index is 0.336. The van der Waals surface area contributed by atoms with Gasteiger partial charge in [0.25, 0.3) is 11.8 Å². The summed E-state index contributed by atoms with van der Waals surface area (Å²) in [7, 11) is 1.52. The fraction of sp³-hybridized carbons (Fsp3) is 0.0769. The lowest BCUT2D eigenvalue weighted by Crippen LogP contribution is -2.41. The fourth-order valence-corrected chi connectivity index (χ4v) is 1.86.